The molecular formula is C23H25F3N2O4. The molecule has 0 unspecified atom stereocenters. The van der Waals surface area contributed by atoms with E-state index in [1.165, 1.54) is 36.4 Å². The van der Waals surface area contributed by atoms with Gasteiger partial charge >= 0.3 is 18.1 Å². The van der Waals surface area contributed by atoms with Crippen LogP contribution in [-0.2, 0) is 20.4 Å². The fourth-order valence-electron chi connectivity index (χ4n) is 2.77. The summed E-state index contributed by atoms with van der Waals surface area (Å²) in [4.78, 5) is 23.6. The molecule has 2 aromatic rings. The third kappa shape index (κ3) is 8.71. The standard InChI is InChI=1S/C23H25F3N2O4/c24-23(25,26)18-8-5-16(6-9-18)7-10-21(29)31-11-3-1-2-4-12-32-22(30)17-13-19(27)15-20(28)14-17/h5-10,13-15H,1-4,11-12,27-28H2. The number of anilines is 2. The van der Waals surface area contributed by atoms with Crippen molar-refractivity contribution < 1.29 is 32.2 Å². The van der Waals surface area contributed by atoms with Gasteiger partial charge in [0.15, 0.2) is 0 Å². The SMILES string of the molecule is Nc1cc(N)cc(C(=O)OCCCCCCOC(=O)C=Cc2ccc(C(F)(F)F)cc2)c1. The van der Waals surface area contributed by atoms with Gasteiger partial charge in [-0.2, -0.15) is 13.2 Å². The van der Waals surface area contributed by atoms with Crippen LogP contribution in [0.2, 0.25) is 0 Å². The van der Waals surface area contributed by atoms with Gasteiger partial charge in [0.2, 0.25) is 0 Å². The minimum atomic E-state index is -4.40. The summed E-state index contributed by atoms with van der Waals surface area (Å²) in [7, 11) is 0. The largest absolute Gasteiger partial charge is 0.463 e. The van der Waals surface area contributed by atoms with Crippen molar-refractivity contribution in [2.45, 2.75) is 31.9 Å². The molecule has 0 saturated carbocycles. The van der Waals surface area contributed by atoms with Crippen LogP contribution in [0.25, 0.3) is 6.08 Å². The first-order valence-corrected chi connectivity index (χ1v) is 10.0. The van der Waals surface area contributed by atoms with Crippen molar-refractivity contribution >= 4 is 29.4 Å². The zero-order valence-electron chi connectivity index (χ0n) is 17.4. The Morgan fingerprint density at radius 2 is 1.41 bits per heavy atom. The molecule has 0 spiro atoms. The normalized spacial score (nSPS) is 11.5. The Morgan fingerprint density at radius 3 is 1.97 bits per heavy atom. The van der Waals surface area contributed by atoms with Gasteiger partial charge in [0, 0.05) is 17.5 Å². The number of halogens is 3. The monoisotopic (exact) mass is 450 g/mol. The fourth-order valence-corrected chi connectivity index (χ4v) is 2.77. The van der Waals surface area contributed by atoms with Crippen LogP contribution >= 0.6 is 0 Å². The van der Waals surface area contributed by atoms with Crippen LogP contribution in [-0.4, -0.2) is 25.2 Å². The summed E-state index contributed by atoms with van der Waals surface area (Å²) in [6.07, 6.45) is 1.03. The molecule has 0 radical (unpaired) electrons. The lowest BCUT2D eigenvalue weighted by Crippen LogP contribution is -2.08. The van der Waals surface area contributed by atoms with E-state index in [1.807, 2.05) is 0 Å². The molecular weight excluding hydrogens is 425 g/mol. The van der Waals surface area contributed by atoms with Crippen molar-refractivity contribution in [3.05, 3.63) is 65.2 Å². The molecule has 0 fully saturated rings. The van der Waals surface area contributed by atoms with Crippen LogP contribution in [0.15, 0.2) is 48.5 Å². The van der Waals surface area contributed by atoms with E-state index in [2.05, 4.69) is 0 Å². The Morgan fingerprint density at radius 1 is 0.844 bits per heavy atom. The predicted molar refractivity (Wildman–Crippen MR) is 115 cm³/mol. The Kier molecular flexibility index (Phi) is 9.12. The molecule has 4 N–H and O–H groups in total. The highest BCUT2D eigenvalue weighted by molar-refractivity contribution is 5.91. The van der Waals surface area contributed by atoms with Crippen LogP contribution in [0.5, 0.6) is 0 Å². The second-order valence-corrected chi connectivity index (χ2v) is 7.06. The van der Waals surface area contributed by atoms with Crippen LogP contribution in [0, 0.1) is 0 Å². The molecule has 0 aliphatic carbocycles. The van der Waals surface area contributed by atoms with Gasteiger partial charge in [0.05, 0.1) is 24.3 Å². The van der Waals surface area contributed by atoms with E-state index in [1.54, 1.807) is 6.07 Å². The van der Waals surface area contributed by atoms with Crippen molar-refractivity contribution in [1.29, 1.82) is 0 Å². The van der Waals surface area contributed by atoms with Gasteiger partial charge in [-0.15, -0.1) is 0 Å². The smallest absolute Gasteiger partial charge is 0.416 e. The van der Waals surface area contributed by atoms with Crippen molar-refractivity contribution in [2.24, 2.45) is 0 Å². The second kappa shape index (κ2) is 11.8. The molecule has 0 atom stereocenters. The van der Waals surface area contributed by atoms with Crippen molar-refractivity contribution in [1.82, 2.24) is 0 Å². The van der Waals surface area contributed by atoms with Crippen LogP contribution < -0.4 is 11.5 Å². The third-order valence-electron chi connectivity index (χ3n) is 4.38. The van der Waals surface area contributed by atoms with Crippen LogP contribution in [0.4, 0.5) is 24.5 Å². The highest BCUT2D eigenvalue weighted by Crippen LogP contribution is 2.29. The lowest BCUT2D eigenvalue weighted by atomic mass is 10.1. The van der Waals surface area contributed by atoms with Gasteiger partial charge in [-0.3, -0.25) is 0 Å². The number of ether oxygens (including phenoxy) is 2. The topological polar surface area (TPSA) is 105 Å². The summed E-state index contributed by atoms with van der Waals surface area (Å²) in [5, 5.41) is 0. The number of nitrogens with two attached hydrogens (primary N) is 2. The summed E-state index contributed by atoms with van der Waals surface area (Å²) in [5.41, 5.74) is 12.1. The maximum atomic E-state index is 12.5. The molecule has 2 rings (SSSR count). The number of rotatable bonds is 10. The van der Waals surface area contributed by atoms with E-state index in [9.17, 15) is 22.8 Å². The first kappa shape index (κ1) is 24.8. The number of hydrogen-bond donors (Lipinski definition) is 2. The van der Waals surface area contributed by atoms with Gasteiger partial charge < -0.3 is 20.9 Å². The molecule has 2 aromatic carbocycles. The average Bonchev–Trinajstić information content (AvgIpc) is 2.73. The quantitative estimate of drug-likeness (QED) is 0.232. The molecule has 0 heterocycles. The molecule has 0 amide bonds. The minimum absolute atomic E-state index is 0.221. The zero-order valence-corrected chi connectivity index (χ0v) is 17.4. The lowest BCUT2D eigenvalue weighted by Gasteiger charge is -2.07. The molecule has 0 aliphatic heterocycles. The second-order valence-electron chi connectivity index (χ2n) is 7.06. The number of hydrogen-bond acceptors (Lipinski definition) is 6. The molecule has 9 heteroatoms. The Labute approximate surface area is 184 Å². The third-order valence-corrected chi connectivity index (χ3v) is 4.38. The molecule has 0 aliphatic rings. The lowest BCUT2D eigenvalue weighted by molar-refractivity contribution is -0.138. The number of benzene rings is 2. The van der Waals surface area contributed by atoms with E-state index in [0.29, 0.717) is 35.3 Å². The van der Waals surface area contributed by atoms with Crippen LogP contribution in [0.3, 0.4) is 0 Å². The van der Waals surface area contributed by atoms with Gasteiger partial charge in [-0.1, -0.05) is 12.1 Å². The summed E-state index contributed by atoms with van der Waals surface area (Å²) >= 11 is 0. The molecule has 0 bridgehead atoms. The maximum Gasteiger partial charge on any atom is 0.416 e. The van der Waals surface area contributed by atoms with Crippen molar-refractivity contribution in [3.63, 3.8) is 0 Å². The molecule has 0 aromatic heterocycles. The maximum absolute atomic E-state index is 12.5. The van der Waals surface area contributed by atoms with E-state index >= 15 is 0 Å². The van der Waals surface area contributed by atoms with E-state index in [4.69, 9.17) is 20.9 Å². The summed E-state index contributed by atoms with van der Waals surface area (Å²) in [5.74, 6) is -1.06. The fraction of sp³-hybridized carbons (Fsp3) is 0.304. The van der Waals surface area contributed by atoms with Gasteiger partial charge in [-0.25, -0.2) is 9.59 Å². The van der Waals surface area contributed by atoms with Gasteiger partial charge in [0.1, 0.15) is 0 Å². The molecule has 32 heavy (non-hydrogen) atoms. The van der Waals surface area contributed by atoms with E-state index in [0.717, 1.165) is 25.0 Å². The van der Waals surface area contributed by atoms with Crippen molar-refractivity contribution in [2.75, 3.05) is 24.7 Å². The van der Waals surface area contributed by atoms with Crippen LogP contribution in [0.1, 0.15) is 47.2 Å². The van der Waals surface area contributed by atoms with Gasteiger partial charge in [-0.05, 0) is 67.7 Å². The molecule has 0 saturated heterocycles. The number of nitrogen functional groups attached to an aromatic ring is 2. The summed E-state index contributed by atoms with van der Waals surface area (Å²) in [6, 6.07) is 9.01. The van der Waals surface area contributed by atoms with E-state index < -0.39 is 23.7 Å². The number of carbonyl (C=O) groups is 2. The average molecular weight is 450 g/mol. The van der Waals surface area contributed by atoms with Crippen molar-refractivity contribution in [3.8, 4) is 0 Å². The highest BCUT2D eigenvalue weighted by Gasteiger charge is 2.29. The van der Waals surface area contributed by atoms with Gasteiger partial charge in [0.25, 0.3) is 0 Å². The minimum Gasteiger partial charge on any atom is -0.463 e. The summed E-state index contributed by atoms with van der Waals surface area (Å²) in [6.45, 7) is 0.474. The number of carbonyl (C=O) groups excluding carboxylic acids is 2. The first-order valence-electron chi connectivity index (χ1n) is 10.0. The molecule has 172 valence electrons. The highest BCUT2D eigenvalue weighted by atomic mass is 19.4. The first-order chi connectivity index (χ1) is 15.1. The summed E-state index contributed by atoms with van der Waals surface area (Å²) < 4.78 is 47.8. The zero-order chi connectivity index (χ0) is 23.6. The number of alkyl halides is 3. The Hall–Kier alpha value is -3.49. The number of esters is 2. The number of unbranched alkanes of at least 4 members (excludes halogenated alkanes) is 3. The van der Waals surface area contributed by atoms with E-state index in [-0.39, 0.29) is 13.2 Å². The molecule has 6 nitrogen and oxygen atoms in total. The predicted octanol–water partition coefficient (Wildman–Crippen LogP) is 4.84. The Bertz CT molecular complexity index is 921. The Balaban J connectivity index is 1.56.